The first kappa shape index (κ1) is 18.4. The summed E-state index contributed by atoms with van der Waals surface area (Å²) in [6.07, 6.45) is 1.13. The molecular weight excluding hydrogens is 350 g/mol. The van der Waals surface area contributed by atoms with E-state index < -0.39 is 0 Å². The molecule has 3 aromatic rings. The second-order valence-electron chi connectivity index (χ2n) is 5.98. The van der Waals surface area contributed by atoms with Gasteiger partial charge in [0.2, 0.25) is 11.9 Å². The first-order valence-electron chi connectivity index (χ1n) is 8.74. The molecule has 0 aliphatic rings. The average Bonchev–Trinajstić information content (AvgIpc) is 2.98. The lowest BCUT2D eigenvalue weighted by Crippen LogP contribution is -2.18. The van der Waals surface area contributed by atoms with Crippen molar-refractivity contribution in [3.63, 3.8) is 0 Å². The summed E-state index contributed by atoms with van der Waals surface area (Å²) < 4.78 is 7.46. The number of imidazole rings is 1. The SMILES string of the molecule is CCOCCCn1c(NC(=O)Cc2ccc(Cl)cc2)nc2ccccc21. The standard InChI is InChI=1S/C20H22ClN3O2/c1-2-26-13-5-12-24-18-7-4-3-6-17(18)22-20(24)23-19(25)14-15-8-10-16(21)11-9-15/h3-4,6-11H,2,5,12-14H2,1H3,(H,22,23,25). The molecule has 0 unspecified atom stereocenters. The predicted molar refractivity (Wildman–Crippen MR) is 105 cm³/mol. The molecular formula is C20H22ClN3O2. The van der Waals surface area contributed by atoms with Crippen LogP contribution in [-0.2, 0) is 22.5 Å². The van der Waals surface area contributed by atoms with Crippen molar-refractivity contribution in [2.45, 2.75) is 26.3 Å². The van der Waals surface area contributed by atoms with E-state index in [2.05, 4.69) is 10.3 Å². The summed E-state index contributed by atoms with van der Waals surface area (Å²) in [5.41, 5.74) is 2.78. The van der Waals surface area contributed by atoms with Gasteiger partial charge in [-0.25, -0.2) is 4.98 Å². The summed E-state index contributed by atoms with van der Waals surface area (Å²) in [6.45, 7) is 4.10. The second-order valence-corrected chi connectivity index (χ2v) is 6.41. The van der Waals surface area contributed by atoms with Crippen LogP contribution in [-0.4, -0.2) is 28.7 Å². The van der Waals surface area contributed by atoms with Gasteiger partial charge in [0.1, 0.15) is 0 Å². The van der Waals surface area contributed by atoms with Gasteiger partial charge in [0.15, 0.2) is 0 Å². The third-order valence-corrected chi connectivity index (χ3v) is 4.31. The van der Waals surface area contributed by atoms with E-state index >= 15 is 0 Å². The average molecular weight is 372 g/mol. The van der Waals surface area contributed by atoms with Crippen LogP contribution < -0.4 is 5.32 Å². The Kier molecular flexibility index (Phi) is 6.26. The molecule has 0 spiro atoms. The van der Waals surface area contributed by atoms with Crippen molar-refractivity contribution in [2.75, 3.05) is 18.5 Å². The Bertz CT molecular complexity index is 874. The third-order valence-electron chi connectivity index (χ3n) is 4.06. The first-order chi connectivity index (χ1) is 12.7. The number of carbonyl (C=O) groups excluding carboxylic acids is 1. The Morgan fingerprint density at radius 1 is 1.19 bits per heavy atom. The Morgan fingerprint density at radius 3 is 2.73 bits per heavy atom. The molecule has 0 saturated heterocycles. The Morgan fingerprint density at radius 2 is 1.96 bits per heavy atom. The highest BCUT2D eigenvalue weighted by Crippen LogP contribution is 2.20. The van der Waals surface area contributed by atoms with Crippen LogP contribution in [0.3, 0.4) is 0 Å². The van der Waals surface area contributed by atoms with E-state index in [1.165, 1.54) is 0 Å². The molecule has 1 N–H and O–H groups in total. The molecule has 0 saturated carbocycles. The minimum Gasteiger partial charge on any atom is -0.382 e. The van der Waals surface area contributed by atoms with Crippen molar-refractivity contribution in [2.24, 2.45) is 0 Å². The zero-order chi connectivity index (χ0) is 18.4. The van der Waals surface area contributed by atoms with Gasteiger partial charge in [-0.2, -0.15) is 0 Å². The summed E-state index contributed by atoms with van der Waals surface area (Å²) >= 11 is 5.89. The number of ether oxygens (including phenoxy) is 1. The number of nitrogens with one attached hydrogen (secondary N) is 1. The number of rotatable bonds is 8. The minimum atomic E-state index is -0.103. The predicted octanol–water partition coefficient (Wildman–Crippen LogP) is 4.30. The van der Waals surface area contributed by atoms with Crippen molar-refractivity contribution >= 4 is 34.5 Å². The van der Waals surface area contributed by atoms with Crippen molar-refractivity contribution < 1.29 is 9.53 Å². The monoisotopic (exact) mass is 371 g/mol. The summed E-state index contributed by atoms with van der Waals surface area (Å²) in [6, 6.07) is 15.2. The first-order valence-corrected chi connectivity index (χ1v) is 9.12. The molecule has 0 aliphatic heterocycles. The summed E-state index contributed by atoms with van der Waals surface area (Å²) in [7, 11) is 0. The third kappa shape index (κ3) is 4.62. The normalized spacial score (nSPS) is 11.0. The Balaban J connectivity index is 1.75. The fourth-order valence-electron chi connectivity index (χ4n) is 2.82. The Hall–Kier alpha value is -2.37. The topological polar surface area (TPSA) is 56.1 Å². The van der Waals surface area contributed by atoms with Gasteiger partial charge in [-0.3, -0.25) is 10.1 Å². The van der Waals surface area contributed by atoms with Crippen molar-refractivity contribution in [3.8, 4) is 0 Å². The Labute approximate surface area is 157 Å². The van der Waals surface area contributed by atoms with Gasteiger partial charge in [0.25, 0.3) is 0 Å². The maximum absolute atomic E-state index is 12.4. The molecule has 1 aromatic heterocycles. The van der Waals surface area contributed by atoms with Crippen LogP contribution >= 0.6 is 11.6 Å². The smallest absolute Gasteiger partial charge is 0.231 e. The quantitative estimate of drug-likeness (QED) is 0.601. The maximum atomic E-state index is 12.4. The number of hydrogen-bond donors (Lipinski definition) is 1. The van der Waals surface area contributed by atoms with Crippen LogP contribution in [0, 0.1) is 0 Å². The number of hydrogen-bond acceptors (Lipinski definition) is 3. The highest BCUT2D eigenvalue weighted by Gasteiger charge is 2.13. The highest BCUT2D eigenvalue weighted by atomic mass is 35.5. The van der Waals surface area contributed by atoms with Gasteiger partial charge in [-0.05, 0) is 43.2 Å². The number of fused-ring (bicyclic) bond motifs is 1. The minimum absolute atomic E-state index is 0.103. The maximum Gasteiger partial charge on any atom is 0.231 e. The highest BCUT2D eigenvalue weighted by molar-refractivity contribution is 6.30. The summed E-state index contributed by atoms with van der Waals surface area (Å²) in [4.78, 5) is 17.0. The number of para-hydroxylation sites is 2. The van der Waals surface area contributed by atoms with Gasteiger partial charge in [0, 0.05) is 24.8 Å². The van der Waals surface area contributed by atoms with Gasteiger partial charge in [-0.1, -0.05) is 35.9 Å². The number of nitrogens with zero attached hydrogens (tertiary/aromatic N) is 2. The molecule has 2 aromatic carbocycles. The molecule has 136 valence electrons. The van der Waals surface area contributed by atoms with Gasteiger partial charge in [0.05, 0.1) is 17.5 Å². The van der Waals surface area contributed by atoms with Crippen LogP contribution in [0.2, 0.25) is 5.02 Å². The molecule has 6 heteroatoms. The number of aromatic nitrogens is 2. The van der Waals surface area contributed by atoms with Gasteiger partial charge >= 0.3 is 0 Å². The van der Waals surface area contributed by atoms with E-state index in [9.17, 15) is 4.79 Å². The number of carbonyl (C=O) groups is 1. The summed E-state index contributed by atoms with van der Waals surface area (Å²) in [5, 5.41) is 3.60. The second kappa shape index (κ2) is 8.83. The van der Waals surface area contributed by atoms with E-state index in [1.807, 2.05) is 47.9 Å². The van der Waals surface area contributed by atoms with E-state index in [4.69, 9.17) is 16.3 Å². The lowest BCUT2D eigenvalue weighted by molar-refractivity contribution is -0.115. The van der Waals surface area contributed by atoms with Crippen molar-refractivity contribution in [1.29, 1.82) is 0 Å². The number of benzene rings is 2. The van der Waals surface area contributed by atoms with Crippen molar-refractivity contribution in [3.05, 3.63) is 59.1 Å². The van der Waals surface area contributed by atoms with E-state index in [-0.39, 0.29) is 12.3 Å². The molecule has 0 fully saturated rings. The lowest BCUT2D eigenvalue weighted by Gasteiger charge is -2.10. The molecule has 1 amide bonds. The summed E-state index contributed by atoms with van der Waals surface area (Å²) in [5.74, 6) is 0.468. The number of aryl methyl sites for hydroxylation is 1. The molecule has 3 rings (SSSR count). The van der Waals surface area contributed by atoms with E-state index in [1.54, 1.807) is 12.1 Å². The fourth-order valence-corrected chi connectivity index (χ4v) is 2.95. The zero-order valence-electron chi connectivity index (χ0n) is 14.7. The van der Waals surface area contributed by atoms with Crippen LogP contribution in [0.15, 0.2) is 48.5 Å². The molecule has 0 radical (unpaired) electrons. The zero-order valence-corrected chi connectivity index (χ0v) is 15.5. The van der Waals surface area contributed by atoms with Crippen LogP contribution in [0.5, 0.6) is 0 Å². The van der Waals surface area contributed by atoms with Crippen LogP contribution in [0.25, 0.3) is 11.0 Å². The molecule has 5 nitrogen and oxygen atoms in total. The number of halogens is 1. The van der Waals surface area contributed by atoms with Crippen LogP contribution in [0.1, 0.15) is 18.9 Å². The van der Waals surface area contributed by atoms with E-state index in [0.29, 0.717) is 24.2 Å². The number of amides is 1. The largest absolute Gasteiger partial charge is 0.382 e. The molecule has 1 heterocycles. The molecule has 0 atom stereocenters. The number of anilines is 1. The molecule has 26 heavy (non-hydrogen) atoms. The molecule has 0 bridgehead atoms. The fraction of sp³-hybridized carbons (Fsp3) is 0.300. The van der Waals surface area contributed by atoms with Crippen LogP contribution in [0.4, 0.5) is 5.95 Å². The van der Waals surface area contributed by atoms with Crippen molar-refractivity contribution in [1.82, 2.24) is 9.55 Å². The van der Waals surface area contributed by atoms with Gasteiger partial charge < -0.3 is 9.30 Å². The van der Waals surface area contributed by atoms with Gasteiger partial charge in [-0.15, -0.1) is 0 Å². The molecule has 0 aliphatic carbocycles. The lowest BCUT2D eigenvalue weighted by atomic mass is 10.1. The van der Waals surface area contributed by atoms with E-state index in [0.717, 1.165) is 29.6 Å².